The van der Waals surface area contributed by atoms with Gasteiger partial charge in [0.15, 0.2) is 0 Å². The molecule has 0 heterocycles. The van der Waals surface area contributed by atoms with Crippen LogP contribution in [0, 0.1) is 11.8 Å². The number of carbonyl (C=O) groups is 4. The SMILES string of the molecule is C=C[C@H]1CC1(NC(=O)OC(C)(C)C)C(=O)OCC.C=C[C@H]1C[C@@]1(NC(=O)OC(C)(C)C)C(=O)O. The number of carboxylic acid groups (broad SMARTS) is 1. The highest BCUT2D eigenvalue weighted by Gasteiger charge is 2.62. The number of rotatable bonds is 7. The molecule has 192 valence electrons. The second-order valence-corrected chi connectivity index (χ2v) is 10.3. The maximum atomic E-state index is 11.9. The van der Waals surface area contributed by atoms with Crippen LogP contribution in [0.4, 0.5) is 9.59 Å². The third-order valence-corrected chi connectivity index (χ3v) is 5.07. The Hall–Kier alpha value is -3.04. The van der Waals surface area contributed by atoms with Gasteiger partial charge in [-0.05, 0) is 61.3 Å². The van der Waals surface area contributed by atoms with E-state index in [9.17, 15) is 19.2 Å². The molecule has 0 aromatic rings. The second-order valence-electron chi connectivity index (χ2n) is 10.3. The average Bonchev–Trinajstić information content (AvgIpc) is 3.54. The summed E-state index contributed by atoms with van der Waals surface area (Å²) < 4.78 is 15.1. The van der Waals surface area contributed by atoms with Gasteiger partial charge >= 0.3 is 24.1 Å². The molecule has 3 N–H and O–H groups in total. The average molecular weight is 483 g/mol. The number of carbonyl (C=O) groups excluding carboxylic acids is 3. The van der Waals surface area contributed by atoms with Crippen LogP contribution in [-0.2, 0) is 23.8 Å². The van der Waals surface area contributed by atoms with E-state index < -0.39 is 46.4 Å². The number of hydrogen-bond acceptors (Lipinski definition) is 7. The van der Waals surface area contributed by atoms with E-state index in [1.54, 1.807) is 54.5 Å². The molecule has 2 aliphatic carbocycles. The third-order valence-electron chi connectivity index (χ3n) is 5.07. The second kappa shape index (κ2) is 10.5. The fourth-order valence-electron chi connectivity index (χ4n) is 3.25. The van der Waals surface area contributed by atoms with Crippen molar-refractivity contribution >= 4 is 24.1 Å². The zero-order valence-electron chi connectivity index (χ0n) is 21.1. The summed E-state index contributed by atoms with van der Waals surface area (Å²) in [7, 11) is 0. The van der Waals surface area contributed by atoms with E-state index in [0.717, 1.165) is 0 Å². The first-order valence-electron chi connectivity index (χ1n) is 11.1. The van der Waals surface area contributed by atoms with E-state index in [1.165, 1.54) is 6.08 Å². The molecule has 2 rings (SSSR count). The highest BCUT2D eigenvalue weighted by molar-refractivity contribution is 5.90. The summed E-state index contributed by atoms with van der Waals surface area (Å²) in [6.45, 7) is 19.6. The lowest BCUT2D eigenvalue weighted by molar-refractivity contribution is -0.147. The van der Waals surface area contributed by atoms with Crippen molar-refractivity contribution in [3.8, 4) is 0 Å². The Balaban J connectivity index is 0.000000342. The fourth-order valence-corrected chi connectivity index (χ4v) is 3.25. The molecule has 0 saturated heterocycles. The Kier molecular flexibility index (Phi) is 8.94. The van der Waals surface area contributed by atoms with Gasteiger partial charge in [-0.2, -0.15) is 0 Å². The van der Waals surface area contributed by atoms with Crippen molar-refractivity contribution in [1.29, 1.82) is 0 Å². The van der Waals surface area contributed by atoms with E-state index in [0.29, 0.717) is 12.8 Å². The van der Waals surface area contributed by atoms with Crippen LogP contribution < -0.4 is 10.6 Å². The maximum absolute atomic E-state index is 11.9. The number of esters is 1. The van der Waals surface area contributed by atoms with Crippen LogP contribution in [0.2, 0.25) is 0 Å². The maximum Gasteiger partial charge on any atom is 0.408 e. The standard InChI is InChI=1S/C13H21NO4.C11H17NO4/c1-6-9-8-13(9,10(15)17-7-2)14-11(16)18-12(3,4)5;1-5-7-6-11(7,8(13)14)12-9(15)16-10(2,3)4/h6,9H,1,7-8H2,2-5H3,(H,14,16);5,7H,1,6H2,2-4H3,(H,12,15)(H,13,14)/t9-,13?;7-,11-/m00/s1. The number of alkyl carbamates (subject to hydrolysis) is 2. The molecule has 0 radical (unpaired) electrons. The zero-order valence-corrected chi connectivity index (χ0v) is 21.1. The first kappa shape index (κ1) is 29.0. The topological polar surface area (TPSA) is 140 Å². The van der Waals surface area contributed by atoms with Gasteiger partial charge in [-0.1, -0.05) is 12.2 Å². The summed E-state index contributed by atoms with van der Waals surface area (Å²) in [5, 5.41) is 14.0. The van der Waals surface area contributed by atoms with Crippen LogP contribution in [0.15, 0.2) is 25.3 Å². The quantitative estimate of drug-likeness (QED) is 0.284. The van der Waals surface area contributed by atoms with Crippen molar-refractivity contribution in [3.63, 3.8) is 0 Å². The highest BCUT2D eigenvalue weighted by Crippen LogP contribution is 2.46. The monoisotopic (exact) mass is 482 g/mol. The highest BCUT2D eigenvalue weighted by atomic mass is 16.6. The molecule has 2 fully saturated rings. The molecule has 0 spiro atoms. The summed E-state index contributed by atoms with van der Waals surface area (Å²) in [5.41, 5.74) is -3.44. The van der Waals surface area contributed by atoms with Crippen molar-refractivity contribution in [2.24, 2.45) is 11.8 Å². The Morgan fingerprint density at radius 2 is 1.26 bits per heavy atom. The van der Waals surface area contributed by atoms with Crippen molar-refractivity contribution in [1.82, 2.24) is 10.6 Å². The Labute approximate surface area is 201 Å². The molecule has 10 heteroatoms. The summed E-state index contributed by atoms with van der Waals surface area (Å²) in [6.07, 6.45) is 2.73. The molecular formula is C24H38N2O8. The van der Waals surface area contributed by atoms with Gasteiger partial charge in [0.05, 0.1) is 6.61 Å². The first-order valence-corrected chi connectivity index (χ1v) is 11.1. The molecule has 0 aliphatic heterocycles. The number of hydrogen-bond donors (Lipinski definition) is 3. The number of aliphatic carboxylic acids is 1. The smallest absolute Gasteiger partial charge is 0.408 e. The minimum Gasteiger partial charge on any atom is -0.479 e. The first-order chi connectivity index (χ1) is 15.5. The Morgan fingerprint density at radius 1 is 0.882 bits per heavy atom. The summed E-state index contributed by atoms with van der Waals surface area (Å²) >= 11 is 0. The van der Waals surface area contributed by atoms with E-state index in [4.69, 9.17) is 19.3 Å². The molecule has 0 bridgehead atoms. The molecule has 2 amide bonds. The molecule has 0 aromatic heterocycles. The van der Waals surface area contributed by atoms with Gasteiger partial charge in [0.2, 0.25) is 0 Å². The van der Waals surface area contributed by atoms with Gasteiger partial charge in [-0.3, -0.25) is 0 Å². The van der Waals surface area contributed by atoms with Crippen LogP contribution >= 0.6 is 0 Å². The molecule has 4 atom stereocenters. The van der Waals surface area contributed by atoms with E-state index in [-0.39, 0.29) is 18.4 Å². The van der Waals surface area contributed by atoms with Crippen molar-refractivity contribution in [3.05, 3.63) is 25.3 Å². The van der Waals surface area contributed by atoms with Gasteiger partial charge in [0.25, 0.3) is 0 Å². The van der Waals surface area contributed by atoms with Gasteiger partial charge in [0.1, 0.15) is 22.3 Å². The minimum atomic E-state index is -1.22. The zero-order chi connectivity index (χ0) is 26.5. The molecule has 2 aliphatic rings. The van der Waals surface area contributed by atoms with Crippen LogP contribution in [0.25, 0.3) is 0 Å². The largest absolute Gasteiger partial charge is 0.479 e. The molecule has 1 unspecified atom stereocenters. The summed E-state index contributed by atoms with van der Waals surface area (Å²) in [6, 6.07) is 0. The Morgan fingerprint density at radius 3 is 1.56 bits per heavy atom. The predicted molar refractivity (Wildman–Crippen MR) is 125 cm³/mol. The molecule has 34 heavy (non-hydrogen) atoms. The number of ether oxygens (including phenoxy) is 3. The number of nitrogens with one attached hydrogen (secondary N) is 2. The normalized spacial score (nSPS) is 27.0. The van der Waals surface area contributed by atoms with Crippen LogP contribution in [0.1, 0.15) is 61.3 Å². The molecule has 0 aromatic carbocycles. The molecule has 2 saturated carbocycles. The van der Waals surface area contributed by atoms with Gasteiger partial charge < -0.3 is 30.0 Å². The lowest BCUT2D eigenvalue weighted by Gasteiger charge is -2.23. The number of amides is 2. The van der Waals surface area contributed by atoms with Gasteiger partial charge in [-0.25, -0.2) is 19.2 Å². The van der Waals surface area contributed by atoms with Crippen molar-refractivity contribution in [2.75, 3.05) is 6.61 Å². The predicted octanol–water partition coefficient (Wildman–Crippen LogP) is 3.56. The molecule has 10 nitrogen and oxygen atoms in total. The third kappa shape index (κ3) is 7.78. The van der Waals surface area contributed by atoms with Gasteiger partial charge in [0, 0.05) is 11.8 Å². The lowest BCUT2D eigenvalue weighted by Crippen LogP contribution is -2.47. The summed E-state index contributed by atoms with van der Waals surface area (Å²) in [4.78, 5) is 46.1. The van der Waals surface area contributed by atoms with Gasteiger partial charge in [-0.15, -0.1) is 13.2 Å². The van der Waals surface area contributed by atoms with Crippen LogP contribution in [0.3, 0.4) is 0 Å². The van der Waals surface area contributed by atoms with Crippen molar-refractivity contribution < 1.29 is 38.5 Å². The Bertz CT molecular complexity index is 826. The lowest BCUT2D eigenvalue weighted by atomic mass is 10.2. The summed E-state index contributed by atoms with van der Waals surface area (Å²) in [5.74, 6) is -1.80. The van der Waals surface area contributed by atoms with Crippen LogP contribution in [0.5, 0.6) is 0 Å². The van der Waals surface area contributed by atoms with E-state index in [2.05, 4.69) is 23.8 Å². The molecular weight excluding hydrogens is 444 g/mol. The number of carboxylic acids is 1. The minimum absolute atomic E-state index is 0.0935. The van der Waals surface area contributed by atoms with E-state index in [1.807, 2.05) is 0 Å². The van der Waals surface area contributed by atoms with Crippen molar-refractivity contribution in [2.45, 2.75) is 83.6 Å². The van der Waals surface area contributed by atoms with Crippen LogP contribution in [-0.4, -0.2) is 58.1 Å². The van der Waals surface area contributed by atoms with E-state index >= 15 is 0 Å². The fraction of sp³-hybridized carbons (Fsp3) is 0.667.